The van der Waals surface area contributed by atoms with Gasteiger partial charge in [-0.1, -0.05) is 73.8 Å². The molecule has 0 amide bonds. The molecule has 0 aromatic heterocycles. The molecule has 0 saturated carbocycles. The zero-order valence-corrected chi connectivity index (χ0v) is 14.8. The number of esters is 1. The first-order valence-electron chi connectivity index (χ1n) is 8.97. The van der Waals surface area contributed by atoms with Crippen LogP contribution < -0.4 is 0 Å². The molecule has 0 spiro atoms. The Labute approximate surface area is 147 Å². The lowest BCUT2D eigenvalue weighted by Gasteiger charge is -1.99. The summed E-state index contributed by atoms with van der Waals surface area (Å²) in [6.07, 6.45) is 31.9. The van der Waals surface area contributed by atoms with E-state index < -0.39 is 0 Å². The van der Waals surface area contributed by atoms with Crippen LogP contribution in [0, 0.1) is 0 Å². The molecule has 1 heterocycles. The van der Waals surface area contributed by atoms with Gasteiger partial charge in [-0.3, -0.25) is 4.79 Å². The van der Waals surface area contributed by atoms with E-state index in [4.69, 9.17) is 4.74 Å². The minimum absolute atomic E-state index is 0.0291. The van der Waals surface area contributed by atoms with Crippen molar-refractivity contribution in [3.8, 4) is 0 Å². The van der Waals surface area contributed by atoms with Crippen LogP contribution in [0.15, 0.2) is 72.9 Å². The van der Waals surface area contributed by atoms with Gasteiger partial charge in [0.25, 0.3) is 0 Å². The van der Waals surface area contributed by atoms with Gasteiger partial charge in [0.15, 0.2) is 0 Å². The van der Waals surface area contributed by atoms with Crippen molar-refractivity contribution in [2.24, 2.45) is 0 Å². The van der Waals surface area contributed by atoms with Crippen molar-refractivity contribution in [1.29, 1.82) is 0 Å². The summed E-state index contributed by atoms with van der Waals surface area (Å²) in [7, 11) is 0. The maximum absolute atomic E-state index is 10.9. The highest BCUT2D eigenvalue weighted by Crippen LogP contribution is 2.14. The molecule has 2 heteroatoms. The van der Waals surface area contributed by atoms with E-state index in [0.29, 0.717) is 6.42 Å². The first-order chi connectivity index (χ1) is 11.8. The van der Waals surface area contributed by atoms with Gasteiger partial charge in [-0.05, 0) is 44.6 Å². The number of ether oxygens (including phenoxy) is 1. The van der Waals surface area contributed by atoms with Crippen LogP contribution >= 0.6 is 0 Å². The average molecular weight is 326 g/mol. The minimum Gasteiger partial charge on any atom is -0.458 e. The van der Waals surface area contributed by atoms with Gasteiger partial charge in [-0.15, -0.1) is 0 Å². The molecule has 0 N–H and O–H groups in total. The third kappa shape index (κ3) is 11.5. The molecular formula is C22H30O2. The lowest BCUT2D eigenvalue weighted by Crippen LogP contribution is -2.01. The Bertz CT molecular complexity index is 504. The Morgan fingerprint density at radius 2 is 1.54 bits per heavy atom. The summed E-state index contributed by atoms with van der Waals surface area (Å²) in [6, 6.07) is 0. The van der Waals surface area contributed by atoms with E-state index in [0.717, 1.165) is 38.5 Å². The lowest BCUT2D eigenvalue weighted by molar-refractivity contribution is -0.139. The lowest BCUT2D eigenvalue weighted by atomic mass is 10.2. The number of allylic oxidation sites excluding steroid dienone is 11. The van der Waals surface area contributed by atoms with Gasteiger partial charge < -0.3 is 4.74 Å². The molecule has 1 fully saturated rings. The number of hydrogen-bond acceptors (Lipinski definition) is 2. The van der Waals surface area contributed by atoms with Gasteiger partial charge in [0.1, 0.15) is 6.10 Å². The van der Waals surface area contributed by atoms with E-state index in [1.54, 1.807) is 0 Å². The van der Waals surface area contributed by atoms with E-state index in [-0.39, 0.29) is 12.1 Å². The molecule has 1 aliphatic heterocycles. The molecule has 1 saturated heterocycles. The molecule has 0 aliphatic carbocycles. The fourth-order valence-electron chi connectivity index (χ4n) is 2.19. The standard InChI is InChI=1S/C22H30O2/c1-2-3-4-5-6-7-8-9-10-11-12-13-14-15-16-17-18-21-19-20-22(23)24-21/h3-4,7-10,12-13,15-18,21H,2,5-6,11,14,19-20H2,1H3/b4-3-,8-7+,10-9-,13-12-,16-15-,18-17+/t21-/m1/s1. The van der Waals surface area contributed by atoms with E-state index in [2.05, 4.69) is 61.6 Å². The summed E-state index contributed by atoms with van der Waals surface area (Å²) < 4.78 is 5.10. The number of carbonyl (C=O) groups is 1. The normalized spacial score (nSPS) is 19.4. The van der Waals surface area contributed by atoms with E-state index in [9.17, 15) is 4.79 Å². The van der Waals surface area contributed by atoms with Crippen molar-refractivity contribution >= 4 is 5.97 Å². The van der Waals surface area contributed by atoms with Crippen molar-refractivity contribution in [2.45, 2.75) is 58.0 Å². The van der Waals surface area contributed by atoms with Gasteiger partial charge in [0, 0.05) is 6.42 Å². The number of cyclic esters (lactones) is 1. The molecule has 0 radical (unpaired) electrons. The zero-order chi connectivity index (χ0) is 17.3. The van der Waals surface area contributed by atoms with Crippen molar-refractivity contribution in [3.05, 3.63) is 72.9 Å². The summed E-state index contributed by atoms with van der Waals surface area (Å²) in [6.45, 7) is 2.16. The molecule has 1 rings (SSSR count). The Hall–Kier alpha value is -2.09. The molecule has 130 valence electrons. The van der Waals surface area contributed by atoms with Gasteiger partial charge in [-0.25, -0.2) is 0 Å². The zero-order valence-electron chi connectivity index (χ0n) is 14.8. The number of hydrogen-bond donors (Lipinski definition) is 0. The second-order valence-electron chi connectivity index (χ2n) is 5.64. The summed E-state index contributed by atoms with van der Waals surface area (Å²) in [5.41, 5.74) is 0. The SMILES string of the molecule is CC/C=C\CC/C=C/C=C\C/C=C\C/C=C\C=C\[C@@H]1CCC(=O)O1. The highest BCUT2D eigenvalue weighted by Gasteiger charge is 2.19. The maximum Gasteiger partial charge on any atom is 0.306 e. The number of rotatable bonds is 11. The monoisotopic (exact) mass is 326 g/mol. The fourth-order valence-corrected chi connectivity index (χ4v) is 2.19. The highest BCUT2D eigenvalue weighted by atomic mass is 16.5. The van der Waals surface area contributed by atoms with Crippen LogP contribution in [0.3, 0.4) is 0 Å². The molecule has 1 atom stereocenters. The second kappa shape index (κ2) is 14.5. The number of unbranched alkanes of at least 4 members (excludes halogenated alkanes) is 1. The van der Waals surface area contributed by atoms with Crippen LogP contribution in [-0.4, -0.2) is 12.1 Å². The maximum atomic E-state index is 10.9. The fraction of sp³-hybridized carbons (Fsp3) is 0.409. The molecule has 1 aliphatic rings. The predicted octanol–water partition coefficient (Wildman–Crippen LogP) is 6.00. The van der Waals surface area contributed by atoms with Crippen molar-refractivity contribution in [3.63, 3.8) is 0 Å². The van der Waals surface area contributed by atoms with Crippen LogP contribution in [0.4, 0.5) is 0 Å². The van der Waals surface area contributed by atoms with Gasteiger partial charge in [-0.2, -0.15) is 0 Å². The largest absolute Gasteiger partial charge is 0.458 e. The molecule has 0 aromatic rings. The highest BCUT2D eigenvalue weighted by molar-refractivity contribution is 5.71. The molecule has 24 heavy (non-hydrogen) atoms. The Balaban J connectivity index is 2.00. The Morgan fingerprint density at radius 3 is 2.21 bits per heavy atom. The third-order valence-corrected chi connectivity index (χ3v) is 3.49. The third-order valence-electron chi connectivity index (χ3n) is 3.49. The van der Waals surface area contributed by atoms with Gasteiger partial charge in [0.2, 0.25) is 0 Å². The summed E-state index contributed by atoms with van der Waals surface area (Å²) in [5.74, 6) is -0.0900. The first kappa shape index (κ1) is 20.0. The first-order valence-corrected chi connectivity index (χ1v) is 8.97. The molecule has 0 unspecified atom stereocenters. The Kier molecular flexibility index (Phi) is 12.1. The molecule has 0 aromatic carbocycles. The van der Waals surface area contributed by atoms with Gasteiger partial charge >= 0.3 is 5.97 Å². The Morgan fingerprint density at radius 1 is 0.875 bits per heavy atom. The van der Waals surface area contributed by atoms with E-state index in [1.807, 2.05) is 18.2 Å². The topological polar surface area (TPSA) is 26.3 Å². The minimum atomic E-state index is -0.0900. The van der Waals surface area contributed by atoms with Crippen molar-refractivity contribution in [1.82, 2.24) is 0 Å². The number of carbonyl (C=O) groups excluding carboxylic acids is 1. The van der Waals surface area contributed by atoms with Crippen LogP contribution in [0.2, 0.25) is 0 Å². The van der Waals surface area contributed by atoms with Crippen LogP contribution in [-0.2, 0) is 9.53 Å². The van der Waals surface area contributed by atoms with E-state index >= 15 is 0 Å². The van der Waals surface area contributed by atoms with Crippen molar-refractivity contribution in [2.75, 3.05) is 0 Å². The smallest absolute Gasteiger partial charge is 0.306 e. The molecule has 2 nitrogen and oxygen atoms in total. The van der Waals surface area contributed by atoms with Crippen LogP contribution in [0.25, 0.3) is 0 Å². The summed E-state index contributed by atoms with van der Waals surface area (Å²) in [5, 5.41) is 0. The second-order valence-corrected chi connectivity index (χ2v) is 5.64. The average Bonchev–Trinajstić information content (AvgIpc) is 3.00. The van der Waals surface area contributed by atoms with Gasteiger partial charge in [0.05, 0.1) is 0 Å². The quantitative estimate of drug-likeness (QED) is 0.201. The summed E-state index contributed by atoms with van der Waals surface area (Å²) in [4.78, 5) is 10.9. The van der Waals surface area contributed by atoms with Crippen molar-refractivity contribution < 1.29 is 9.53 Å². The molecule has 0 bridgehead atoms. The predicted molar refractivity (Wildman–Crippen MR) is 103 cm³/mol. The van der Waals surface area contributed by atoms with Crippen LogP contribution in [0.1, 0.15) is 51.9 Å². The van der Waals surface area contributed by atoms with E-state index in [1.165, 1.54) is 0 Å². The summed E-state index contributed by atoms with van der Waals surface area (Å²) >= 11 is 0. The molecular weight excluding hydrogens is 296 g/mol. The van der Waals surface area contributed by atoms with Crippen LogP contribution in [0.5, 0.6) is 0 Å².